The molecule has 0 spiro atoms. The topological polar surface area (TPSA) is 101 Å². The quantitative estimate of drug-likeness (QED) is 0.368. The molecule has 10 nitrogen and oxygen atoms in total. The van der Waals surface area contributed by atoms with E-state index in [0.29, 0.717) is 85.7 Å². The maximum atomic E-state index is 14.2. The van der Waals surface area contributed by atoms with Gasteiger partial charge in [0.25, 0.3) is 6.43 Å². The van der Waals surface area contributed by atoms with Gasteiger partial charge >= 0.3 is 0 Å². The first-order chi connectivity index (χ1) is 19.6. The van der Waals surface area contributed by atoms with Crippen molar-refractivity contribution in [3.05, 3.63) is 30.1 Å². The lowest BCUT2D eigenvalue weighted by Crippen LogP contribution is -2.43. The second-order valence-corrected chi connectivity index (χ2v) is 11.8. The van der Waals surface area contributed by atoms with Crippen molar-refractivity contribution in [2.24, 2.45) is 5.92 Å². The Labute approximate surface area is 239 Å². The molecular weight excluding hydrogens is 532 g/mol. The lowest BCUT2D eigenvalue weighted by Gasteiger charge is -2.37. The lowest BCUT2D eigenvalue weighted by atomic mass is 9.85. The number of alkyl halides is 2. The van der Waals surface area contributed by atoms with Gasteiger partial charge in [-0.25, -0.2) is 13.8 Å². The molecule has 2 aliphatic rings. The monoisotopic (exact) mass is 573 g/mol. The molecule has 5 rings (SSSR count). The normalized spacial score (nSPS) is 20.3. The van der Waals surface area contributed by atoms with Gasteiger partial charge < -0.3 is 29.7 Å². The second kappa shape index (κ2) is 12.4. The van der Waals surface area contributed by atoms with Crippen LogP contribution in [-0.4, -0.2) is 94.7 Å². The summed E-state index contributed by atoms with van der Waals surface area (Å²) in [5, 5.41) is 13.6. The first kappa shape index (κ1) is 29.4. The van der Waals surface area contributed by atoms with E-state index in [1.807, 2.05) is 13.8 Å². The summed E-state index contributed by atoms with van der Waals surface area (Å²) >= 11 is 0. The lowest BCUT2D eigenvalue weighted by molar-refractivity contribution is 0.0228. The van der Waals surface area contributed by atoms with Gasteiger partial charge in [-0.2, -0.15) is 9.97 Å². The van der Waals surface area contributed by atoms with E-state index in [1.54, 1.807) is 24.3 Å². The molecule has 0 unspecified atom stereocenters. The Kier molecular flexibility index (Phi) is 8.91. The van der Waals surface area contributed by atoms with Crippen molar-refractivity contribution in [3.63, 3.8) is 0 Å². The molecule has 3 heterocycles. The van der Waals surface area contributed by atoms with Gasteiger partial charge in [0.05, 0.1) is 37.0 Å². The molecule has 41 heavy (non-hydrogen) atoms. The molecule has 3 aromatic rings. The van der Waals surface area contributed by atoms with Gasteiger partial charge in [-0.3, -0.25) is 4.57 Å². The number of nitrogens with one attached hydrogen (secondary N) is 1. The zero-order valence-electron chi connectivity index (χ0n) is 24.3. The van der Waals surface area contributed by atoms with Crippen LogP contribution in [0.25, 0.3) is 16.9 Å². The van der Waals surface area contributed by atoms with Crippen molar-refractivity contribution in [2.75, 3.05) is 63.8 Å². The molecule has 0 radical (unpaired) electrons. The highest BCUT2D eigenvalue weighted by molar-refractivity contribution is 5.80. The zero-order valence-corrected chi connectivity index (χ0v) is 24.3. The summed E-state index contributed by atoms with van der Waals surface area (Å²) in [7, 11) is 3.62. The van der Waals surface area contributed by atoms with Crippen LogP contribution in [-0.2, 0) is 4.74 Å². The number of imidazole rings is 1. The number of fused-ring (bicyclic) bond motifs is 1. The molecule has 1 aliphatic heterocycles. The Morgan fingerprint density at radius 3 is 2.46 bits per heavy atom. The number of benzene rings is 1. The number of methoxy groups -OCH3 is 1. The largest absolute Gasteiger partial charge is 0.497 e. The smallest absolute Gasteiger partial charge is 0.296 e. The minimum atomic E-state index is -2.80. The Bertz CT molecular complexity index is 1320. The van der Waals surface area contributed by atoms with Gasteiger partial charge in [-0.05, 0) is 64.6 Å². The SMILES string of the molecule is COc1ccc2nc(C(F)F)n(-c3cc(N4CCOCC4)nc(NC[C@H]4CC[C@H](N(C)CC(C)(C)O)CC4)n3)c2c1. The third kappa shape index (κ3) is 7.04. The molecule has 0 amide bonds. The van der Waals surface area contributed by atoms with Crippen molar-refractivity contribution < 1.29 is 23.4 Å². The van der Waals surface area contributed by atoms with E-state index < -0.39 is 12.0 Å². The zero-order chi connectivity index (χ0) is 29.1. The third-order valence-electron chi connectivity index (χ3n) is 7.97. The summed E-state index contributed by atoms with van der Waals surface area (Å²) in [6.45, 7) is 7.45. The van der Waals surface area contributed by atoms with Crippen molar-refractivity contribution in [2.45, 2.75) is 57.6 Å². The number of hydrogen-bond donors (Lipinski definition) is 2. The molecule has 224 valence electrons. The standard InChI is InChI=1S/C29H41F2N7O3/c1-29(2,39)18-36(3)20-7-5-19(6-8-20)17-32-28-34-24(37-11-13-41-14-12-37)16-25(35-28)38-23-15-21(40-4)9-10-22(23)33-27(38)26(30)31/h9-10,15-16,19-20,26,39H,5-8,11-14,17-18H2,1-4H3,(H,32,34,35)/t19-,20-. The molecule has 2 N–H and O–H groups in total. The maximum absolute atomic E-state index is 14.2. The van der Waals surface area contributed by atoms with Crippen molar-refractivity contribution in [3.8, 4) is 11.6 Å². The number of nitrogens with zero attached hydrogens (tertiary/aromatic N) is 6. The summed E-state index contributed by atoms with van der Waals surface area (Å²) in [5.41, 5.74) is 0.211. The first-order valence-corrected chi connectivity index (χ1v) is 14.3. The summed E-state index contributed by atoms with van der Waals surface area (Å²) in [6.07, 6.45) is 1.41. The highest BCUT2D eigenvalue weighted by Crippen LogP contribution is 2.32. The molecule has 1 aromatic carbocycles. The molecule has 1 saturated carbocycles. The van der Waals surface area contributed by atoms with Crippen LogP contribution in [0.15, 0.2) is 24.3 Å². The van der Waals surface area contributed by atoms with E-state index in [0.717, 1.165) is 25.7 Å². The summed E-state index contributed by atoms with van der Waals surface area (Å²) < 4.78 is 40.8. The number of hydrogen-bond acceptors (Lipinski definition) is 9. The molecule has 1 aliphatic carbocycles. The van der Waals surface area contributed by atoms with Gasteiger partial charge in [0, 0.05) is 44.4 Å². The number of morpholine rings is 1. The number of rotatable bonds is 10. The molecule has 2 fully saturated rings. The summed E-state index contributed by atoms with van der Waals surface area (Å²) in [6, 6.07) is 7.27. The number of halogens is 2. The number of aromatic nitrogens is 4. The molecule has 0 bridgehead atoms. The molecular formula is C29H41F2N7O3. The van der Waals surface area contributed by atoms with Gasteiger partial charge in [-0.1, -0.05) is 0 Å². The average Bonchev–Trinajstić information content (AvgIpc) is 3.35. The van der Waals surface area contributed by atoms with Crippen LogP contribution in [0.1, 0.15) is 51.8 Å². The van der Waals surface area contributed by atoms with Crippen LogP contribution in [0.4, 0.5) is 20.5 Å². The number of anilines is 2. The minimum absolute atomic E-state index is 0.326. The highest BCUT2D eigenvalue weighted by atomic mass is 19.3. The molecule has 12 heteroatoms. The maximum Gasteiger partial charge on any atom is 0.296 e. The molecule has 0 atom stereocenters. The fourth-order valence-corrected chi connectivity index (χ4v) is 5.92. The Morgan fingerprint density at radius 1 is 1.10 bits per heavy atom. The number of aliphatic hydroxyl groups is 1. The first-order valence-electron chi connectivity index (χ1n) is 14.3. The highest BCUT2D eigenvalue weighted by Gasteiger charge is 2.28. The number of ether oxygens (including phenoxy) is 2. The Balaban J connectivity index is 1.40. The fourth-order valence-electron chi connectivity index (χ4n) is 5.92. The van der Waals surface area contributed by atoms with E-state index in [4.69, 9.17) is 19.4 Å². The third-order valence-corrected chi connectivity index (χ3v) is 7.97. The van der Waals surface area contributed by atoms with Crippen molar-refractivity contribution in [1.82, 2.24) is 24.4 Å². The van der Waals surface area contributed by atoms with Gasteiger partial charge in [0.1, 0.15) is 17.4 Å². The van der Waals surface area contributed by atoms with E-state index in [1.165, 1.54) is 11.7 Å². The van der Waals surface area contributed by atoms with Gasteiger partial charge in [0.2, 0.25) is 5.95 Å². The van der Waals surface area contributed by atoms with E-state index in [9.17, 15) is 13.9 Å². The van der Waals surface area contributed by atoms with Crippen LogP contribution < -0.4 is 15.0 Å². The number of likely N-dealkylation sites (N-methyl/N-ethyl adjacent to an activating group) is 1. The minimum Gasteiger partial charge on any atom is -0.497 e. The predicted octanol–water partition coefficient (Wildman–Crippen LogP) is 4.27. The van der Waals surface area contributed by atoms with Gasteiger partial charge in [-0.15, -0.1) is 0 Å². The van der Waals surface area contributed by atoms with Crippen LogP contribution in [0.5, 0.6) is 5.75 Å². The van der Waals surface area contributed by atoms with Crippen LogP contribution >= 0.6 is 0 Å². The molecule has 1 saturated heterocycles. The van der Waals surface area contributed by atoms with Crippen LogP contribution in [0, 0.1) is 5.92 Å². The Morgan fingerprint density at radius 2 is 1.80 bits per heavy atom. The van der Waals surface area contributed by atoms with Crippen molar-refractivity contribution in [1.29, 1.82) is 0 Å². The van der Waals surface area contributed by atoms with E-state index in [-0.39, 0.29) is 5.82 Å². The molecule has 2 aromatic heterocycles. The van der Waals surface area contributed by atoms with E-state index in [2.05, 4.69) is 27.1 Å². The van der Waals surface area contributed by atoms with E-state index >= 15 is 0 Å². The second-order valence-electron chi connectivity index (χ2n) is 11.8. The summed E-state index contributed by atoms with van der Waals surface area (Å²) in [5.74, 6) is 1.99. The average molecular weight is 574 g/mol. The van der Waals surface area contributed by atoms with Crippen molar-refractivity contribution >= 4 is 22.8 Å². The fraction of sp³-hybridized carbons (Fsp3) is 0.621. The van der Waals surface area contributed by atoms with Gasteiger partial charge in [0.15, 0.2) is 5.82 Å². The summed E-state index contributed by atoms with van der Waals surface area (Å²) in [4.78, 5) is 18.1. The van der Waals surface area contributed by atoms with Crippen LogP contribution in [0.2, 0.25) is 0 Å². The predicted molar refractivity (Wildman–Crippen MR) is 154 cm³/mol. The Hall–Kier alpha value is -3.09. The van der Waals surface area contributed by atoms with Crippen LogP contribution in [0.3, 0.4) is 0 Å².